The lowest BCUT2D eigenvalue weighted by Gasteiger charge is -2.33. The van der Waals surface area contributed by atoms with E-state index in [9.17, 15) is 9.90 Å². The molecule has 1 aliphatic rings. The van der Waals surface area contributed by atoms with Crippen LogP contribution in [0.15, 0.2) is 29.1 Å². The first-order valence-electron chi connectivity index (χ1n) is 8.78. The Morgan fingerprint density at radius 2 is 2.04 bits per heavy atom. The first-order chi connectivity index (χ1) is 11.2. The van der Waals surface area contributed by atoms with Crippen LogP contribution in [0.25, 0.3) is 11.0 Å². The Labute approximate surface area is 136 Å². The molecule has 0 radical (unpaired) electrons. The van der Waals surface area contributed by atoms with Gasteiger partial charge in [0.25, 0.3) is 0 Å². The zero-order valence-corrected chi connectivity index (χ0v) is 13.9. The van der Waals surface area contributed by atoms with E-state index in [0.29, 0.717) is 0 Å². The van der Waals surface area contributed by atoms with Gasteiger partial charge in [-0.1, -0.05) is 31.9 Å². The molecule has 2 aromatic rings. The number of aliphatic hydroxyl groups excluding tert-OH is 1. The number of hydrogen-bond donors (Lipinski definition) is 2. The molecule has 0 aliphatic carbocycles. The molecule has 1 unspecified atom stereocenters. The van der Waals surface area contributed by atoms with Crippen LogP contribution in [0, 0.1) is 0 Å². The van der Waals surface area contributed by atoms with Gasteiger partial charge < -0.3 is 15.0 Å². The number of likely N-dealkylation sites (tertiary alicyclic amines) is 1. The van der Waals surface area contributed by atoms with Crippen molar-refractivity contribution in [2.24, 2.45) is 0 Å². The number of hydrogen-bond acceptors (Lipinski definition) is 3. The van der Waals surface area contributed by atoms with E-state index in [1.165, 1.54) is 0 Å². The van der Waals surface area contributed by atoms with E-state index < -0.39 is 0 Å². The highest BCUT2D eigenvalue weighted by molar-refractivity contribution is 5.75. The van der Waals surface area contributed by atoms with E-state index in [4.69, 9.17) is 0 Å². The van der Waals surface area contributed by atoms with Crippen LogP contribution < -0.4 is 5.69 Å². The molecular weight excluding hydrogens is 290 g/mol. The molecule has 0 bridgehead atoms. The van der Waals surface area contributed by atoms with Crippen LogP contribution in [0.3, 0.4) is 0 Å². The molecule has 5 heteroatoms. The van der Waals surface area contributed by atoms with Gasteiger partial charge in [0.15, 0.2) is 0 Å². The second-order valence-electron chi connectivity index (χ2n) is 6.65. The smallest absolute Gasteiger partial charge is 0.326 e. The summed E-state index contributed by atoms with van der Waals surface area (Å²) in [4.78, 5) is 17.5. The molecule has 1 aliphatic heterocycles. The van der Waals surface area contributed by atoms with Crippen molar-refractivity contribution in [3.05, 3.63) is 34.7 Å². The summed E-state index contributed by atoms with van der Waals surface area (Å²) < 4.78 is 1.92. The number of aliphatic hydroxyl groups is 1. The molecule has 2 N–H and O–H groups in total. The summed E-state index contributed by atoms with van der Waals surface area (Å²) in [6, 6.07) is 8.14. The van der Waals surface area contributed by atoms with Gasteiger partial charge in [0.05, 0.1) is 17.1 Å². The fourth-order valence-electron chi connectivity index (χ4n) is 3.63. The maximum Gasteiger partial charge on any atom is 0.326 e. The van der Waals surface area contributed by atoms with Crippen LogP contribution in [0.4, 0.5) is 0 Å². The summed E-state index contributed by atoms with van der Waals surface area (Å²) >= 11 is 0. The van der Waals surface area contributed by atoms with Crippen LogP contribution >= 0.6 is 0 Å². The average molecular weight is 317 g/mol. The lowest BCUT2D eigenvalue weighted by atomic mass is 10.0. The number of nitrogens with zero attached hydrogens (tertiary/aromatic N) is 2. The number of piperidine rings is 1. The third-order valence-electron chi connectivity index (χ3n) is 4.91. The van der Waals surface area contributed by atoms with Crippen LogP contribution in [0.5, 0.6) is 0 Å². The molecule has 1 aromatic carbocycles. The minimum Gasteiger partial charge on any atom is -0.392 e. The van der Waals surface area contributed by atoms with E-state index in [2.05, 4.69) is 16.8 Å². The largest absolute Gasteiger partial charge is 0.392 e. The lowest BCUT2D eigenvalue weighted by Crippen LogP contribution is -2.40. The number of para-hydroxylation sites is 2. The van der Waals surface area contributed by atoms with E-state index in [0.717, 1.165) is 62.8 Å². The molecule has 1 saturated heterocycles. The standard InChI is InChI=1S/C18H27N3O2/c1-2-3-6-15(22)13-20-11-9-14(10-12-20)21-17-8-5-4-7-16(17)19-18(21)23/h4-5,7-8,14-15,22H,2-3,6,9-13H2,1H3,(H,19,23). The van der Waals surface area contributed by atoms with Crippen molar-refractivity contribution in [1.82, 2.24) is 14.5 Å². The van der Waals surface area contributed by atoms with Crippen molar-refractivity contribution >= 4 is 11.0 Å². The van der Waals surface area contributed by atoms with Crippen LogP contribution in [-0.2, 0) is 0 Å². The lowest BCUT2D eigenvalue weighted by molar-refractivity contribution is 0.0837. The van der Waals surface area contributed by atoms with E-state index in [1.54, 1.807) is 0 Å². The molecule has 2 heterocycles. The molecule has 3 rings (SSSR count). The number of unbranched alkanes of at least 4 members (excludes halogenated alkanes) is 1. The Bertz CT molecular complexity index is 683. The van der Waals surface area contributed by atoms with Crippen LogP contribution in [0.1, 0.15) is 45.1 Å². The Balaban J connectivity index is 1.62. The first kappa shape index (κ1) is 16.3. The van der Waals surface area contributed by atoms with Gasteiger partial charge in [0.2, 0.25) is 0 Å². The monoisotopic (exact) mass is 317 g/mol. The molecule has 1 aromatic heterocycles. The fourth-order valence-corrected chi connectivity index (χ4v) is 3.63. The van der Waals surface area contributed by atoms with Crippen molar-refractivity contribution < 1.29 is 5.11 Å². The minimum atomic E-state index is -0.220. The number of imidazole rings is 1. The zero-order valence-electron chi connectivity index (χ0n) is 13.9. The molecule has 0 spiro atoms. The number of H-pyrrole nitrogens is 1. The minimum absolute atomic E-state index is 0.00682. The van der Waals surface area contributed by atoms with E-state index in [-0.39, 0.29) is 17.8 Å². The second-order valence-corrected chi connectivity index (χ2v) is 6.65. The number of rotatable bonds is 6. The summed E-state index contributed by atoms with van der Waals surface area (Å²) in [6.07, 6.45) is 4.80. The number of aromatic nitrogens is 2. The average Bonchev–Trinajstić information content (AvgIpc) is 2.89. The quantitative estimate of drug-likeness (QED) is 0.860. The maximum atomic E-state index is 12.3. The second kappa shape index (κ2) is 7.32. The Hall–Kier alpha value is -1.59. The van der Waals surface area contributed by atoms with Gasteiger partial charge in [-0.15, -0.1) is 0 Å². The molecule has 5 nitrogen and oxygen atoms in total. The highest BCUT2D eigenvalue weighted by Crippen LogP contribution is 2.25. The highest BCUT2D eigenvalue weighted by atomic mass is 16.3. The van der Waals surface area contributed by atoms with Crippen molar-refractivity contribution in [3.63, 3.8) is 0 Å². The Morgan fingerprint density at radius 3 is 2.78 bits per heavy atom. The van der Waals surface area contributed by atoms with Crippen LogP contribution in [0.2, 0.25) is 0 Å². The molecule has 23 heavy (non-hydrogen) atoms. The van der Waals surface area contributed by atoms with Crippen molar-refractivity contribution in [2.45, 2.75) is 51.2 Å². The van der Waals surface area contributed by atoms with Gasteiger partial charge >= 0.3 is 5.69 Å². The number of fused-ring (bicyclic) bond motifs is 1. The number of nitrogens with one attached hydrogen (secondary N) is 1. The molecular formula is C18H27N3O2. The number of aromatic amines is 1. The summed E-state index contributed by atoms with van der Waals surface area (Å²) in [7, 11) is 0. The molecule has 0 amide bonds. The summed E-state index contributed by atoms with van der Waals surface area (Å²) in [5.41, 5.74) is 1.90. The van der Waals surface area contributed by atoms with Gasteiger partial charge in [0, 0.05) is 25.7 Å². The van der Waals surface area contributed by atoms with Crippen molar-refractivity contribution in [2.75, 3.05) is 19.6 Å². The first-order valence-corrected chi connectivity index (χ1v) is 8.78. The molecule has 1 fully saturated rings. The predicted molar refractivity (Wildman–Crippen MR) is 92.8 cm³/mol. The van der Waals surface area contributed by atoms with Gasteiger partial charge in [-0.05, 0) is 31.4 Å². The summed E-state index contributed by atoms with van der Waals surface area (Å²) in [6.45, 7) is 4.80. The third-order valence-corrected chi connectivity index (χ3v) is 4.91. The molecule has 126 valence electrons. The molecule has 1 atom stereocenters. The SMILES string of the molecule is CCCCC(O)CN1CCC(n2c(=O)[nH]c3ccccc32)CC1. The fraction of sp³-hybridized carbons (Fsp3) is 0.611. The third kappa shape index (κ3) is 3.67. The number of benzene rings is 1. The Kier molecular flexibility index (Phi) is 5.18. The van der Waals surface area contributed by atoms with Crippen molar-refractivity contribution in [3.8, 4) is 0 Å². The van der Waals surface area contributed by atoms with Gasteiger partial charge in [-0.3, -0.25) is 4.57 Å². The predicted octanol–water partition coefficient (Wildman–Crippen LogP) is 2.52. The van der Waals surface area contributed by atoms with Gasteiger partial charge in [-0.25, -0.2) is 4.79 Å². The summed E-state index contributed by atoms with van der Waals surface area (Å²) in [5.74, 6) is 0. The topological polar surface area (TPSA) is 61.3 Å². The van der Waals surface area contributed by atoms with E-state index in [1.807, 2.05) is 28.8 Å². The normalized spacial score (nSPS) is 18.5. The molecule has 0 saturated carbocycles. The van der Waals surface area contributed by atoms with Gasteiger partial charge in [0.1, 0.15) is 0 Å². The van der Waals surface area contributed by atoms with Crippen LogP contribution in [-0.4, -0.2) is 45.3 Å². The number of β-amino-alcohol motifs (C(OH)–C–C–N with tert-alkyl or cyclic N) is 1. The van der Waals surface area contributed by atoms with Crippen molar-refractivity contribution in [1.29, 1.82) is 0 Å². The highest BCUT2D eigenvalue weighted by Gasteiger charge is 2.24. The Morgan fingerprint density at radius 1 is 1.30 bits per heavy atom. The maximum absolute atomic E-state index is 12.3. The zero-order chi connectivity index (χ0) is 16.2. The van der Waals surface area contributed by atoms with Gasteiger partial charge in [-0.2, -0.15) is 0 Å². The van der Waals surface area contributed by atoms with E-state index >= 15 is 0 Å². The summed E-state index contributed by atoms with van der Waals surface area (Å²) in [5, 5.41) is 10.1.